The van der Waals surface area contributed by atoms with Gasteiger partial charge in [-0.05, 0) is 25.0 Å². The SMILES string of the molecule is COCCCS(=O)(=O)Nc1cccc(C)c1C#N. The van der Waals surface area contributed by atoms with Crippen LogP contribution in [0.4, 0.5) is 5.69 Å². The third-order valence-corrected chi connectivity index (χ3v) is 3.77. The molecular formula is C12H16N2O3S. The van der Waals surface area contributed by atoms with Crippen molar-refractivity contribution in [1.29, 1.82) is 5.26 Å². The summed E-state index contributed by atoms with van der Waals surface area (Å²) in [6.45, 7) is 2.15. The first-order valence-electron chi connectivity index (χ1n) is 5.49. The molecule has 0 aliphatic heterocycles. The minimum absolute atomic E-state index is 0.0281. The van der Waals surface area contributed by atoms with Gasteiger partial charge in [0.25, 0.3) is 0 Å². The summed E-state index contributed by atoms with van der Waals surface area (Å²) in [5.41, 5.74) is 1.43. The normalized spacial score (nSPS) is 10.9. The van der Waals surface area contributed by atoms with Gasteiger partial charge in [0.1, 0.15) is 6.07 Å². The molecule has 0 unspecified atom stereocenters. The van der Waals surface area contributed by atoms with Crippen molar-refractivity contribution >= 4 is 15.7 Å². The van der Waals surface area contributed by atoms with E-state index in [1.165, 1.54) is 7.11 Å². The molecule has 1 aromatic rings. The molecule has 0 spiro atoms. The highest BCUT2D eigenvalue weighted by atomic mass is 32.2. The van der Waals surface area contributed by atoms with Gasteiger partial charge in [0.2, 0.25) is 10.0 Å². The molecule has 6 heteroatoms. The zero-order valence-electron chi connectivity index (χ0n) is 10.4. The monoisotopic (exact) mass is 268 g/mol. The standard InChI is InChI=1S/C12H16N2O3S/c1-10-5-3-6-12(11(10)9-13)14-18(15,16)8-4-7-17-2/h3,5-6,14H,4,7-8H2,1-2H3. The maximum Gasteiger partial charge on any atom is 0.232 e. The predicted molar refractivity (Wildman–Crippen MR) is 69.8 cm³/mol. The average molecular weight is 268 g/mol. The van der Waals surface area contributed by atoms with Gasteiger partial charge in [0, 0.05) is 13.7 Å². The molecule has 0 heterocycles. The maximum absolute atomic E-state index is 11.8. The molecule has 18 heavy (non-hydrogen) atoms. The lowest BCUT2D eigenvalue weighted by Crippen LogP contribution is -2.18. The van der Waals surface area contributed by atoms with E-state index in [2.05, 4.69) is 4.72 Å². The molecule has 0 saturated heterocycles. The summed E-state index contributed by atoms with van der Waals surface area (Å²) in [6.07, 6.45) is 0.416. The third-order valence-electron chi connectivity index (χ3n) is 2.41. The molecule has 0 aliphatic carbocycles. The van der Waals surface area contributed by atoms with Crippen LogP contribution in [0.5, 0.6) is 0 Å². The Labute approximate surface area is 107 Å². The molecule has 1 rings (SSSR count). The summed E-state index contributed by atoms with van der Waals surface area (Å²) in [4.78, 5) is 0. The molecule has 98 valence electrons. The Balaban J connectivity index is 2.85. The number of anilines is 1. The summed E-state index contributed by atoms with van der Waals surface area (Å²) in [6, 6.07) is 7.06. The van der Waals surface area contributed by atoms with E-state index < -0.39 is 10.0 Å². The largest absolute Gasteiger partial charge is 0.385 e. The van der Waals surface area contributed by atoms with E-state index in [1.807, 2.05) is 6.07 Å². The Hall–Kier alpha value is -1.58. The molecule has 1 N–H and O–H groups in total. The fourth-order valence-corrected chi connectivity index (χ4v) is 2.62. The van der Waals surface area contributed by atoms with Gasteiger partial charge in [-0.2, -0.15) is 5.26 Å². The lowest BCUT2D eigenvalue weighted by Gasteiger charge is -2.10. The lowest BCUT2D eigenvalue weighted by molar-refractivity contribution is 0.199. The van der Waals surface area contributed by atoms with Gasteiger partial charge in [-0.15, -0.1) is 0 Å². The molecule has 5 nitrogen and oxygen atoms in total. The Kier molecular flexibility index (Phi) is 5.13. The van der Waals surface area contributed by atoms with Crippen molar-refractivity contribution in [3.05, 3.63) is 29.3 Å². The van der Waals surface area contributed by atoms with E-state index in [0.717, 1.165) is 5.56 Å². The highest BCUT2D eigenvalue weighted by molar-refractivity contribution is 7.92. The molecule has 0 saturated carbocycles. The summed E-state index contributed by atoms with van der Waals surface area (Å²) < 4.78 is 30.8. The Morgan fingerprint density at radius 1 is 1.44 bits per heavy atom. The third kappa shape index (κ3) is 4.02. The van der Waals surface area contributed by atoms with Gasteiger partial charge in [-0.1, -0.05) is 12.1 Å². The van der Waals surface area contributed by atoms with Crippen LogP contribution in [-0.4, -0.2) is 27.9 Å². The molecule has 0 aromatic heterocycles. The number of ether oxygens (including phenoxy) is 1. The fourth-order valence-electron chi connectivity index (χ4n) is 1.51. The second-order valence-electron chi connectivity index (χ2n) is 3.88. The molecule has 0 amide bonds. The molecule has 1 aromatic carbocycles. The van der Waals surface area contributed by atoms with Gasteiger partial charge >= 0.3 is 0 Å². The predicted octanol–water partition coefficient (Wildman–Crippen LogP) is 1.64. The van der Waals surface area contributed by atoms with Gasteiger partial charge in [0.15, 0.2) is 0 Å². The molecule has 0 bridgehead atoms. The molecular weight excluding hydrogens is 252 g/mol. The number of rotatable bonds is 6. The van der Waals surface area contributed by atoms with E-state index in [-0.39, 0.29) is 5.75 Å². The van der Waals surface area contributed by atoms with Gasteiger partial charge < -0.3 is 4.74 Å². The molecule has 0 aliphatic rings. The van der Waals surface area contributed by atoms with Crippen molar-refractivity contribution in [3.63, 3.8) is 0 Å². The van der Waals surface area contributed by atoms with Crippen LogP contribution in [-0.2, 0) is 14.8 Å². The number of benzene rings is 1. The Morgan fingerprint density at radius 3 is 2.78 bits per heavy atom. The van der Waals surface area contributed by atoms with Gasteiger partial charge in [-0.25, -0.2) is 8.42 Å². The van der Waals surface area contributed by atoms with Crippen molar-refractivity contribution in [1.82, 2.24) is 0 Å². The van der Waals surface area contributed by atoms with Crippen molar-refractivity contribution in [2.75, 3.05) is 24.2 Å². The fraction of sp³-hybridized carbons (Fsp3) is 0.417. The lowest BCUT2D eigenvalue weighted by atomic mass is 10.1. The van der Waals surface area contributed by atoms with Crippen molar-refractivity contribution in [2.45, 2.75) is 13.3 Å². The zero-order valence-corrected chi connectivity index (χ0v) is 11.3. The van der Waals surface area contributed by atoms with Crippen molar-refractivity contribution < 1.29 is 13.2 Å². The van der Waals surface area contributed by atoms with Crippen LogP contribution in [0.15, 0.2) is 18.2 Å². The smallest absolute Gasteiger partial charge is 0.232 e. The summed E-state index contributed by atoms with van der Waals surface area (Å²) in [5, 5.41) is 9.01. The number of nitriles is 1. The quantitative estimate of drug-likeness (QED) is 0.795. The topological polar surface area (TPSA) is 79.2 Å². The summed E-state index contributed by atoms with van der Waals surface area (Å²) >= 11 is 0. The second kappa shape index (κ2) is 6.38. The number of nitrogens with one attached hydrogen (secondary N) is 1. The molecule has 0 atom stereocenters. The first kappa shape index (κ1) is 14.5. The van der Waals surface area contributed by atoms with Crippen LogP contribution >= 0.6 is 0 Å². The number of hydrogen-bond acceptors (Lipinski definition) is 4. The van der Waals surface area contributed by atoms with Crippen LogP contribution in [0.25, 0.3) is 0 Å². The van der Waals surface area contributed by atoms with Crippen LogP contribution in [0, 0.1) is 18.3 Å². The van der Waals surface area contributed by atoms with E-state index in [1.54, 1.807) is 25.1 Å². The highest BCUT2D eigenvalue weighted by Crippen LogP contribution is 2.19. The van der Waals surface area contributed by atoms with Crippen LogP contribution in [0.3, 0.4) is 0 Å². The van der Waals surface area contributed by atoms with Crippen LogP contribution in [0.1, 0.15) is 17.5 Å². The van der Waals surface area contributed by atoms with Crippen molar-refractivity contribution in [3.8, 4) is 6.07 Å². The van der Waals surface area contributed by atoms with Gasteiger partial charge in [-0.3, -0.25) is 4.72 Å². The van der Waals surface area contributed by atoms with Crippen LogP contribution in [0.2, 0.25) is 0 Å². The second-order valence-corrected chi connectivity index (χ2v) is 5.72. The first-order valence-corrected chi connectivity index (χ1v) is 7.14. The summed E-state index contributed by atoms with van der Waals surface area (Å²) in [5.74, 6) is -0.0281. The molecule has 0 radical (unpaired) electrons. The zero-order chi connectivity index (χ0) is 13.6. The van der Waals surface area contributed by atoms with Crippen LogP contribution < -0.4 is 4.72 Å². The van der Waals surface area contributed by atoms with E-state index >= 15 is 0 Å². The number of nitrogens with zero attached hydrogens (tertiary/aromatic N) is 1. The minimum Gasteiger partial charge on any atom is -0.385 e. The Bertz CT molecular complexity index is 547. The molecule has 0 fully saturated rings. The van der Waals surface area contributed by atoms with Gasteiger partial charge in [0.05, 0.1) is 17.0 Å². The number of sulfonamides is 1. The van der Waals surface area contributed by atoms with E-state index in [0.29, 0.717) is 24.3 Å². The minimum atomic E-state index is -3.44. The number of aryl methyl sites for hydroxylation is 1. The highest BCUT2D eigenvalue weighted by Gasteiger charge is 2.13. The van der Waals surface area contributed by atoms with E-state index in [9.17, 15) is 8.42 Å². The van der Waals surface area contributed by atoms with E-state index in [4.69, 9.17) is 10.00 Å². The average Bonchev–Trinajstić information content (AvgIpc) is 2.29. The first-order chi connectivity index (χ1) is 8.50. The number of methoxy groups -OCH3 is 1. The summed E-state index contributed by atoms with van der Waals surface area (Å²) in [7, 11) is -1.92. The van der Waals surface area contributed by atoms with Crippen molar-refractivity contribution in [2.24, 2.45) is 0 Å². The maximum atomic E-state index is 11.8. The number of hydrogen-bond donors (Lipinski definition) is 1. The Morgan fingerprint density at radius 2 is 2.17 bits per heavy atom.